The molecule has 0 spiro atoms. The summed E-state index contributed by atoms with van der Waals surface area (Å²) in [6.45, 7) is 2.53. The van der Waals surface area contributed by atoms with E-state index in [0.29, 0.717) is 0 Å². The van der Waals surface area contributed by atoms with Crippen molar-refractivity contribution in [2.24, 2.45) is 0 Å². The van der Waals surface area contributed by atoms with E-state index in [1.54, 1.807) is 4.90 Å². The molecule has 3 nitrogen and oxygen atoms in total. The quantitative estimate of drug-likeness (QED) is 0.832. The Bertz CT molecular complexity index is 258. The van der Waals surface area contributed by atoms with Gasteiger partial charge in [-0.15, -0.1) is 0 Å². The highest BCUT2D eigenvalue weighted by molar-refractivity contribution is 5.79. The molecule has 2 atom stereocenters. The first-order valence-electron chi connectivity index (χ1n) is 5.90. The van der Waals surface area contributed by atoms with E-state index < -0.39 is 12.7 Å². The molecule has 0 saturated carbocycles. The maximum Gasteiger partial charge on any atom is 0.401 e. The second-order valence-electron chi connectivity index (χ2n) is 4.65. The largest absolute Gasteiger partial charge is 0.401 e. The van der Waals surface area contributed by atoms with E-state index >= 15 is 0 Å². The summed E-state index contributed by atoms with van der Waals surface area (Å²) in [4.78, 5) is 13.5. The molecular weight excluding hydrogens is 233 g/mol. The van der Waals surface area contributed by atoms with Crippen molar-refractivity contribution < 1.29 is 18.0 Å². The van der Waals surface area contributed by atoms with Gasteiger partial charge in [0.05, 0.1) is 13.1 Å². The number of rotatable bonds is 3. The van der Waals surface area contributed by atoms with Crippen LogP contribution in [-0.2, 0) is 4.79 Å². The maximum atomic E-state index is 11.9. The molecule has 6 heteroatoms. The predicted octanol–water partition coefficient (Wildman–Crippen LogP) is 1.93. The zero-order valence-corrected chi connectivity index (χ0v) is 10.2. The molecule has 0 aromatic heterocycles. The van der Waals surface area contributed by atoms with Gasteiger partial charge in [-0.05, 0) is 33.1 Å². The van der Waals surface area contributed by atoms with E-state index in [0.717, 1.165) is 19.3 Å². The molecule has 0 aromatic rings. The standard InChI is InChI=1S/C11H19F3N2O/c1-8-4-3-5-9(2)16(8)10(17)6-15-7-11(12,13)14/h8-9,15H,3-7H2,1-2H3/t8-,9+. The smallest absolute Gasteiger partial charge is 0.336 e. The average Bonchev–Trinajstić information content (AvgIpc) is 2.15. The highest BCUT2D eigenvalue weighted by Gasteiger charge is 2.30. The Morgan fingerprint density at radius 1 is 1.29 bits per heavy atom. The molecule has 0 bridgehead atoms. The predicted molar refractivity (Wildman–Crippen MR) is 58.5 cm³/mol. The van der Waals surface area contributed by atoms with Gasteiger partial charge in [0, 0.05) is 12.1 Å². The lowest BCUT2D eigenvalue weighted by molar-refractivity contribution is -0.139. The second-order valence-corrected chi connectivity index (χ2v) is 4.65. The molecule has 0 aliphatic carbocycles. The summed E-state index contributed by atoms with van der Waals surface area (Å²) in [6, 6.07) is 0.248. The third kappa shape index (κ3) is 4.53. The topological polar surface area (TPSA) is 32.3 Å². The van der Waals surface area contributed by atoms with Crippen molar-refractivity contribution in [3.05, 3.63) is 0 Å². The van der Waals surface area contributed by atoms with Crippen molar-refractivity contribution in [3.8, 4) is 0 Å². The lowest BCUT2D eigenvalue weighted by Gasteiger charge is -2.39. The number of carbonyl (C=O) groups is 1. The van der Waals surface area contributed by atoms with Crippen LogP contribution in [0.5, 0.6) is 0 Å². The Labute approximate surface area is 99.4 Å². The fourth-order valence-corrected chi connectivity index (χ4v) is 2.32. The van der Waals surface area contributed by atoms with Gasteiger partial charge in [-0.2, -0.15) is 13.2 Å². The van der Waals surface area contributed by atoms with E-state index in [1.165, 1.54) is 0 Å². The summed E-state index contributed by atoms with van der Waals surface area (Å²) >= 11 is 0. The van der Waals surface area contributed by atoms with E-state index in [4.69, 9.17) is 0 Å². The Balaban J connectivity index is 2.40. The van der Waals surface area contributed by atoms with Gasteiger partial charge in [0.2, 0.25) is 5.91 Å². The number of nitrogens with zero attached hydrogens (tertiary/aromatic N) is 1. The number of amides is 1. The van der Waals surface area contributed by atoms with Crippen molar-refractivity contribution in [1.29, 1.82) is 0 Å². The minimum absolute atomic E-state index is 0.124. The molecule has 1 aliphatic heterocycles. The molecule has 1 fully saturated rings. The van der Waals surface area contributed by atoms with Crippen LogP contribution in [0.3, 0.4) is 0 Å². The van der Waals surface area contributed by atoms with Crippen LogP contribution in [-0.4, -0.2) is 42.2 Å². The first-order chi connectivity index (χ1) is 7.81. The van der Waals surface area contributed by atoms with Crippen LogP contribution in [0.4, 0.5) is 13.2 Å². The van der Waals surface area contributed by atoms with Crippen molar-refractivity contribution >= 4 is 5.91 Å². The Kier molecular flexibility index (Phi) is 4.80. The van der Waals surface area contributed by atoms with Crippen LogP contribution in [0.2, 0.25) is 0 Å². The zero-order valence-electron chi connectivity index (χ0n) is 10.2. The number of carbonyl (C=O) groups excluding carboxylic acids is 1. The van der Waals surface area contributed by atoms with Crippen LogP contribution in [0.25, 0.3) is 0 Å². The van der Waals surface area contributed by atoms with Crippen LogP contribution in [0.1, 0.15) is 33.1 Å². The van der Waals surface area contributed by atoms with Crippen molar-refractivity contribution in [2.45, 2.75) is 51.4 Å². The van der Waals surface area contributed by atoms with Gasteiger partial charge in [-0.3, -0.25) is 4.79 Å². The van der Waals surface area contributed by atoms with E-state index in [-0.39, 0.29) is 24.5 Å². The monoisotopic (exact) mass is 252 g/mol. The average molecular weight is 252 g/mol. The summed E-state index contributed by atoms with van der Waals surface area (Å²) in [5.41, 5.74) is 0. The van der Waals surface area contributed by atoms with Crippen LogP contribution < -0.4 is 5.32 Å². The normalized spacial score (nSPS) is 26.1. The van der Waals surface area contributed by atoms with Crippen molar-refractivity contribution in [3.63, 3.8) is 0 Å². The molecule has 0 aromatic carbocycles. The third-order valence-corrected chi connectivity index (χ3v) is 3.08. The van der Waals surface area contributed by atoms with Gasteiger partial charge in [-0.25, -0.2) is 0 Å². The van der Waals surface area contributed by atoms with Gasteiger partial charge < -0.3 is 10.2 Å². The third-order valence-electron chi connectivity index (χ3n) is 3.08. The molecular formula is C11H19F3N2O. The lowest BCUT2D eigenvalue weighted by Crippen LogP contribution is -2.51. The van der Waals surface area contributed by atoms with Gasteiger partial charge >= 0.3 is 6.18 Å². The molecule has 1 saturated heterocycles. The summed E-state index contributed by atoms with van der Waals surface area (Å²) < 4.78 is 35.7. The summed E-state index contributed by atoms with van der Waals surface area (Å²) in [5, 5.41) is 2.15. The van der Waals surface area contributed by atoms with Crippen LogP contribution >= 0.6 is 0 Å². The molecule has 17 heavy (non-hydrogen) atoms. The molecule has 0 radical (unpaired) electrons. The molecule has 1 aliphatic rings. The van der Waals surface area contributed by atoms with E-state index in [1.807, 2.05) is 13.8 Å². The molecule has 100 valence electrons. The SMILES string of the molecule is C[C@@H]1CCC[C@H](C)N1C(=O)CNCC(F)(F)F. The van der Waals surface area contributed by atoms with Crippen LogP contribution in [0.15, 0.2) is 0 Å². The van der Waals surface area contributed by atoms with Gasteiger partial charge in [-0.1, -0.05) is 0 Å². The first-order valence-corrected chi connectivity index (χ1v) is 5.90. The summed E-state index contributed by atoms with van der Waals surface area (Å²) in [6.07, 6.45) is -1.34. The molecule has 1 heterocycles. The molecule has 1 rings (SSSR count). The van der Waals surface area contributed by atoms with Gasteiger partial charge in [0.15, 0.2) is 0 Å². The number of alkyl halides is 3. The number of hydrogen-bond donors (Lipinski definition) is 1. The number of halogens is 3. The van der Waals surface area contributed by atoms with Gasteiger partial charge in [0.25, 0.3) is 0 Å². The Hall–Kier alpha value is -0.780. The first kappa shape index (κ1) is 14.3. The minimum atomic E-state index is -4.26. The highest BCUT2D eigenvalue weighted by atomic mass is 19.4. The Morgan fingerprint density at radius 2 is 1.82 bits per heavy atom. The maximum absolute atomic E-state index is 11.9. The van der Waals surface area contributed by atoms with Crippen molar-refractivity contribution in [1.82, 2.24) is 10.2 Å². The fourth-order valence-electron chi connectivity index (χ4n) is 2.32. The van der Waals surface area contributed by atoms with Gasteiger partial charge in [0.1, 0.15) is 0 Å². The second kappa shape index (κ2) is 5.71. The van der Waals surface area contributed by atoms with E-state index in [9.17, 15) is 18.0 Å². The van der Waals surface area contributed by atoms with E-state index in [2.05, 4.69) is 5.32 Å². The number of piperidine rings is 1. The molecule has 1 amide bonds. The van der Waals surface area contributed by atoms with Crippen molar-refractivity contribution in [2.75, 3.05) is 13.1 Å². The zero-order chi connectivity index (χ0) is 13.1. The highest BCUT2D eigenvalue weighted by Crippen LogP contribution is 2.22. The van der Waals surface area contributed by atoms with Crippen LogP contribution in [0, 0.1) is 0 Å². The molecule has 0 unspecified atom stereocenters. The minimum Gasteiger partial charge on any atom is -0.336 e. The Morgan fingerprint density at radius 3 is 2.29 bits per heavy atom. The fraction of sp³-hybridized carbons (Fsp3) is 0.909. The number of hydrogen-bond acceptors (Lipinski definition) is 2. The lowest BCUT2D eigenvalue weighted by atomic mass is 9.97. The molecule has 1 N–H and O–H groups in total. The summed E-state index contributed by atoms with van der Waals surface area (Å²) in [5.74, 6) is -0.242. The summed E-state index contributed by atoms with van der Waals surface area (Å²) in [7, 11) is 0. The number of likely N-dealkylation sites (tertiary alicyclic amines) is 1. The number of nitrogens with one attached hydrogen (secondary N) is 1.